The topological polar surface area (TPSA) is 37.3 Å². The number of halogens is 2. The van der Waals surface area contributed by atoms with Gasteiger partial charge in [0.1, 0.15) is 0 Å². The van der Waals surface area contributed by atoms with Gasteiger partial charge in [0, 0.05) is 10.4 Å². The van der Waals surface area contributed by atoms with Gasteiger partial charge in [0.05, 0.1) is 6.42 Å². The summed E-state index contributed by atoms with van der Waals surface area (Å²) in [6.45, 7) is 1.90. The van der Waals surface area contributed by atoms with E-state index < -0.39 is 5.97 Å². The van der Waals surface area contributed by atoms with Crippen molar-refractivity contribution in [1.82, 2.24) is 0 Å². The molecule has 0 bridgehead atoms. The maximum absolute atomic E-state index is 10.6. The predicted molar refractivity (Wildman–Crippen MR) is 60.2 cm³/mol. The summed E-state index contributed by atoms with van der Waals surface area (Å²) in [4.78, 5) is 10.6. The second-order valence-corrected chi connectivity index (χ2v) is 4.04. The molecule has 0 aliphatic heterocycles. The Balaban J connectivity index is 3.13. The number of carbonyl (C=O) groups is 1. The number of hydrogen-bond acceptors (Lipinski definition) is 1. The second-order valence-electron chi connectivity index (χ2n) is 3.07. The molecule has 0 heterocycles. The number of carboxylic acids is 1. The molecule has 0 aromatic heterocycles. The molecule has 0 amide bonds. The van der Waals surface area contributed by atoms with E-state index >= 15 is 0 Å². The van der Waals surface area contributed by atoms with E-state index in [-0.39, 0.29) is 6.42 Å². The summed E-state index contributed by atoms with van der Waals surface area (Å²) in [5.41, 5.74) is 2.72. The summed E-state index contributed by atoms with van der Waals surface area (Å²) in [6.07, 6.45) is 0.0148. The van der Waals surface area contributed by atoms with E-state index in [0.717, 1.165) is 16.7 Å². The standard InChI is InChI=1S/C10H10BrClO2/c1-6-2-8(5-11)7(3-9(6)12)4-10(13)14/h2-3H,4-5H2,1H3,(H,13,14). The number of benzene rings is 1. The number of aliphatic carboxylic acids is 1. The molecule has 0 saturated heterocycles. The van der Waals surface area contributed by atoms with Crippen molar-refractivity contribution >= 4 is 33.5 Å². The van der Waals surface area contributed by atoms with Crippen LogP contribution < -0.4 is 0 Å². The molecular weight excluding hydrogens is 267 g/mol. The lowest BCUT2D eigenvalue weighted by atomic mass is 10.0. The third kappa shape index (κ3) is 2.72. The fourth-order valence-corrected chi connectivity index (χ4v) is 1.94. The summed E-state index contributed by atoms with van der Waals surface area (Å²) in [6, 6.07) is 3.64. The van der Waals surface area contributed by atoms with Gasteiger partial charge in [-0.25, -0.2) is 0 Å². The van der Waals surface area contributed by atoms with E-state index in [2.05, 4.69) is 15.9 Å². The van der Waals surface area contributed by atoms with Crippen LogP contribution in [0.5, 0.6) is 0 Å². The van der Waals surface area contributed by atoms with Crippen LogP contribution in [0.1, 0.15) is 16.7 Å². The highest BCUT2D eigenvalue weighted by Crippen LogP contribution is 2.23. The molecule has 2 nitrogen and oxygen atoms in total. The molecule has 0 fully saturated rings. The molecule has 0 saturated carbocycles. The summed E-state index contributed by atoms with van der Waals surface area (Å²) in [5.74, 6) is -0.841. The van der Waals surface area contributed by atoms with Gasteiger partial charge < -0.3 is 5.11 Å². The van der Waals surface area contributed by atoms with E-state index in [9.17, 15) is 4.79 Å². The highest BCUT2D eigenvalue weighted by Gasteiger charge is 2.08. The van der Waals surface area contributed by atoms with Crippen molar-refractivity contribution in [2.45, 2.75) is 18.7 Å². The summed E-state index contributed by atoms with van der Waals surface area (Å²) < 4.78 is 0. The molecule has 14 heavy (non-hydrogen) atoms. The van der Waals surface area contributed by atoms with Crippen LogP contribution >= 0.6 is 27.5 Å². The van der Waals surface area contributed by atoms with Gasteiger partial charge in [0.2, 0.25) is 0 Å². The highest BCUT2D eigenvalue weighted by molar-refractivity contribution is 9.08. The third-order valence-corrected chi connectivity index (χ3v) is 2.98. The highest BCUT2D eigenvalue weighted by atomic mass is 79.9. The van der Waals surface area contributed by atoms with Gasteiger partial charge in [-0.05, 0) is 29.7 Å². The quantitative estimate of drug-likeness (QED) is 0.862. The van der Waals surface area contributed by atoms with E-state index in [1.165, 1.54) is 0 Å². The van der Waals surface area contributed by atoms with Crippen LogP contribution in [0.3, 0.4) is 0 Å². The van der Waals surface area contributed by atoms with Crippen LogP contribution in [0.4, 0.5) is 0 Å². The molecule has 1 aromatic carbocycles. The van der Waals surface area contributed by atoms with Crippen LogP contribution in [0.2, 0.25) is 5.02 Å². The van der Waals surface area contributed by atoms with Gasteiger partial charge in [-0.15, -0.1) is 0 Å². The van der Waals surface area contributed by atoms with Gasteiger partial charge in [0.25, 0.3) is 0 Å². The molecule has 0 radical (unpaired) electrons. The first-order valence-electron chi connectivity index (χ1n) is 4.10. The molecule has 1 N–H and O–H groups in total. The minimum atomic E-state index is -0.841. The monoisotopic (exact) mass is 276 g/mol. The Bertz CT molecular complexity index is 363. The smallest absolute Gasteiger partial charge is 0.307 e. The van der Waals surface area contributed by atoms with Crippen LogP contribution in [-0.2, 0) is 16.5 Å². The molecule has 76 valence electrons. The maximum Gasteiger partial charge on any atom is 0.307 e. The largest absolute Gasteiger partial charge is 0.481 e. The van der Waals surface area contributed by atoms with Crippen molar-refractivity contribution in [1.29, 1.82) is 0 Å². The minimum absolute atomic E-state index is 0.0148. The van der Waals surface area contributed by atoms with Crippen molar-refractivity contribution in [2.75, 3.05) is 0 Å². The number of aryl methyl sites for hydroxylation is 1. The normalized spacial score (nSPS) is 10.2. The third-order valence-electron chi connectivity index (χ3n) is 1.97. The Hall–Kier alpha value is -0.540. The first kappa shape index (κ1) is 11.5. The maximum atomic E-state index is 10.6. The summed E-state index contributed by atoms with van der Waals surface area (Å²) >= 11 is 9.24. The van der Waals surface area contributed by atoms with Crippen molar-refractivity contribution in [3.05, 3.63) is 33.8 Å². The van der Waals surface area contributed by atoms with Gasteiger partial charge in [-0.3, -0.25) is 4.79 Å². The van der Waals surface area contributed by atoms with Crippen LogP contribution in [0, 0.1) is 6.92 Å². The Morgan fingerprint density at radius 3 is 2.64 bits per heavy atom. The average Bonchev–Trinajstić information content (AvgIpc) is 2.10. The molecular formula is C10H10BrClO2. The SMILES string of the molecule is Cc1cc(CBr)c(CC(=O)O)cc1Cl. The Labute approximate surface area is 96.0 Å². The first-order chi connectivity index (χ1) is 6.54. The zero-order valence-corrected chi connectivity index (χ0v) is 10.0. The van der Waals surface area contributed by atoms with Crippen LogP contribution in [0.15, 0.2) is 12.1 Å². The Kier molecular flexibility index (Phi) is 3.96. The molecule has 1 rings (SSSR count). The van der Waals surface area contributed by atoms with Gasteiger partial charge >= 0.3 is 5.97 Å². The lowest BCUT2D eigenvalue weighted by Crippen LogP contribution is -2.03. The van der Waals surface area contributed by atoms with Gasteiger partial charge in [-0.1, -0.05) is 33.6 Å². The molecule has 0 aliphatic rings. The number of carboxylic acid groups (broad SMARTS) is 1. The first-order valence-corrected chi connectivity index (χ1v) is 5.60. The van der Waals surface area contributed by atoms with Gasteiger partial charge in [-0.2, -0.15) is 0 Å². The number of hydrogen-bond donors (Lipinski definition) is 1. The molecule has 4 heteroatoms. The zero-order valence-electron chi connectivity index (χ0n) is 7.68. The lowest BCUT2D eigenvalue weighted by molar-refractivity contribution is -0.136. The van der Waals surface area contributed by atoms with E-state index in [1.807, 2.05) is 13.0 Å². The van der Waals surface area contributed by atoms with E-state index in [0.29, 0.717) is 10.4 Å². The molecule has 0 unspecified atom stereocenters. The van der Waals surface area contributed by atoms with Crippen molar-refractivity contribution in [2.24, 2.45) is 0 Å². The average molecular weight is 278 g/mol. The Morgan fingerprint density at radius 1 is 1.50 bits per heavy atom. The predicted octanol–water partition coefficient (Wildman–Crippen LogP) is 3.17. The summed E-state index contributed by atoms with van der Waals surface area (Å²) in [5, 5.41) is 9.95. The number of alkyl halides is 1. The minimum Gasteiger partial charge on any atom is -0.481 e. The molecule has 0 aliphatic carbocycles. The van der Waals surface area contributed by atoms with Crippen molar-refractivity contribution in [3.8, 4) is 0 Å². The Morgan fingerprint density at radius 2 is 2.14 bits per heavy atom. The fraction of sp³-hybridized carbons (Fsp3) is 0.300. The molecule has 0 spiro atoms. The van der Waals surface area contributed by atoms with Crippen molar-refractivity contribution < 1.29 is 9.90 Å². The molecule has 1 aromatic rings. The van der Waals surface area contributed by atoms with Crippen molar-refractivity contribution in [3.63, 3.8) is 0 Å². The second kappa shape index (κ2) is 4.80. The van der Waals surface area contributed by atoms with Gasteiger partial charge in [0.15, 0.2) is 0 Å². The lowest BCUT2D eigenvalue weighted by Gasteiger charge is -2.07. The van der Waals surface area contributed by atoms with Crippen LogP contribution in [-0.4, -0.2) is 11.1 Å². The van der Waals surface area contributed by atoms with E-state index in [1.54, 1.807) is 6.07 Å². The van der Waals surface area contributed by atoms with E-state index in [4.69, 9.17) is 16.7 Å². The summed E-state index contributed by atoms with van der Waals surface area (Å²) in [7, 11) is 0. The fourth-order valence-electron chi connectivity index (χ4n) is 1.23. The number of rotatable bonds is 3. The zero-order chi connectivity index (χ0) is 10.7. The van der Waals surface area contributed by atoms with Crippen LogP contribution in [0.25, 0.3) is 0 Å². The molecule has 0 atom stereocenters.